The molecule has 2 aliphatic rings. The van der Waals surface area contributed by atoms with E-state index in [-0.39, 0.29) is 5.91 Å². The summed E-state index contributed by atoms with van der Waals surface area (Å²) in [5.74, 6) is -0.122. The number of amides is 1. The first-order valence-electron chi connectivity index (χ1n) is 10.9. The zero-order chi connectivity index (χ0) is 22.4. The van der Waals surface area contributed by atoms with Crippen LogP contribution in [0, 0.1) is 25.2 Å². The minimum atomic E-state index is -0.122. The molecule has 6 heteroatoms. The highest BCUT2D eigenvalue weighted by Gasteiger charge is 2.29. The van der Waals surface area contributed by atoms with Gasteiger partial charge in [0.15, 0.2) is 0 Å². The number of anilines is 1. The molecule has 160 valence electrons. The molecule has 0 saturated carbocycles. The highest BCUT2D eigenvalue weighted by molar-refractivity contribution is 7.15. The summed E-state index contributed by atoms with van der Waals surface area (Å²) in [5.41, 5.74) is 7.18. The highest BCUT2D eigenvalue weighted by Crippen LogP contribution is 2.38. The van der Waals surface area contributed by atoms with Crippen molar-refractivity contribution >= 4 is 34.7 Å². The van der Waals surface area contributed by atoms with Gasteiger partial charge in [-0.15, -0.1) is 11.3 Å². The first-order chi connectivity index (χ1) is 15.5. The van der Waals surface area contributed by atoms with Gasteiger partial charge in [-0.1, -0.05) is 18.2 Å². The molecular formula is C26H24N4OS. The van der Waals surface area contributed by atoms with Gasteiger partial charge in [0.1, 0.15) is 11.1 Å². The molecule has 0 fully saturated rings. The van der Waals surface area contributed by atoms with Crippen molar-refractivity contribution in [3.8, 4) is 11.1 Å². The highest BCUT2D eigenvalue weighted by atomic mass is 32.1. The fourth-order valence-electron chi connectivity index (χ4n) is 4.65. The van der Waals surface area contributed by atoms with Gasteiger partial charge in [-0.3, -0.25) is 4.79 Å². The van der Waals surface area contributed by atoms with Crippen molar-refractivity contribution in [3.63, 3.8) is 0 Å². The molecule has 5 rings (SSSR count). The van der Waals surface area contributed by atoms with Crippen LogP contribution in [-0.2, 0) is 17.6 Å². The van der Waals surface area contributed by atoms with Gasteiger partial charge in [0.05, 0.1) is 22.5 Å². The maximum Gasteiger partial charge on any atom is 0.280 e. The number of carbonyl (C=O) groups is 1. The van der Waals surface area contributed by atoms with E-state index >= 15 is 0 Å². The number of benzene rings is 1. The van der Waals surface area contributed by atoms with Crippen molar-refractivity contribution in [2.75, 3.05) is 5.01 Å². The van der Waals surface area contributed by atoms with Crippen LogP contribution in [0.25, 0.3) is 11.1 Å². The predicted molar refractivity (Wildman–Crippen MR) is 129 cm³/mol. The molecule has 0 unspecified atom stereocenters. The molecule has 0 spiro atoms. The second-order valence-corrected chi connectivity index (χ2v) is 9.44. The second kappa shape index (κ2) is 7.92. The fourth-order valence-corrected chi connectivity index (χ4v) is 6.10. The molecule has 3 aromatic rings. The Kier molecular flexibility index (Phi) is 5.07. The third-order valence-corrected chi connectivity index (χ3v) is 7.58. The lowest BCUT2D eigenvalue weighted by atomic mass is 9.96. The normalized spacial score (nSPS) is 16.9. The first kappa shape index (κ1) is 20.5. The number of nitriles is 1. The van der Waals surface area contributed by atoms with E-state index < -0.39 is 0 Å². The van der Waals surface area contributed by atoms with Gasteiger partial charge in [-0.05, 0) is 81.9 Å². The summed E-state index contributed by atoms with van der Waals surface area (Å²) in [6, 6.07) is 14.0. The van der Waals surface area contributed by atoms with E-state index in [1.54, 1.807) is 11.3 Å². The standard InChI is InChI=1S/C26H24N4OS/c1-16-13-19(14-22-17(2)28-30(25(22)31)20-9-5-4-6-10-20)18(3)29(16)26-23(15-27)21-11-7-8-12-24(21)32-26/h4-6,9-10,13-14H,7-8,11-12H2,1-3H3/b22-14+. The third-order valence-electron chi connectivity index (χ3n) is 6.30. The number of hydrogen-bond acceptors (Lipinski definition) is 4. The Morgan fingerprint density at radius 1 is 1.12 bits per heavy atom. The van der Waals surface area contributed by atoms with Crippen LogP contribution in [0.1, 0.15) is 52.7 Å². The first-order valence-corrected chi connectivity index (χ1v) is 11.7. The van der Waals surface area contributed by atoms with E-state index in [0.29, 0.717) is 11.3 Å². The monoisotopic (exact) mass is 440 g/mol. The quantitative estimate of drug-likeness (QED) is 0.490. The zero-order valence-electron chi connectivity index (χ0n) is 18.5. The van der Waals surface area contributed by atoms with Crippen LogP contribution in [0.3, 0.4) is 0 Å². The lowest BCUT2D eigenvalue weighted by Gasteiger charge is -2.11. The smallest absolute Gasteiger partial charge is 0.280 e. The van der Waals surface area contributed by atoms with E-state index in [1.807, 2.05) is 43.3 Å². The molecular weight excluding hydrogens is 416 g/mol. The summed E-state index contributed by atoms with van der Waals surface area (Å²) >= 11 is 1.74. The molecule has 0 atom stereocenters. The van der Waals surface area contributed by atoms with Gasteiger partial charge in [0.25, 0.3) is 5.91 Å². The Hall–Kier alpha value is -3.43. The third kappa shape index (κ3) is 3.21. The van der Waals surface area contributed by atoms with Crippen LogP contribution in [-0.4, -0.2) is 16.2 Å². The number of fused-ring (bicyclic) bond motifs is 1. The minimum Gasteiger partial charge on any atom is -0.308 e. The summed E-state index contributed by atoms with van der Waals surface area (Å²) in [5, 5.41) is 16.9. The summed E-state index contributed by atoms with van der Waals surface area (Å²) in [6.07, 6.45) is 6.33. The maximum atomic E-state index is 13.1. The molecule has 1 aliphatic carbocycles. The lowest BCUT2D eigenvalue weighted by molar-refractivity contribution is -0.114. The van der Waals surface area contributed by atoms with Crippen LogP contribution < -0.4 is 5.01 Å². The number of aryl methyl sites for hydroxylation is 2. The van der Waals surface area contributed by atoms with Crippen molar-refractivity contribution in [2.24, 2.45) is 5.10 Å². The molecule has 1 amide bonds. The van der Waals surface area contributed by atoms with E-state index in [2.05, 4.69) is 35.7 Å². The van der Waals surface area contributed by atoms with Crippen molar-refractivity contribution in [3.05, 3.63) is 74.9 Å². The van der Waals surface area contributed by atoms with E-state index in [9.17, 15) is 10.1 Å². The number of para-hydroxylation sites is 1. The molecule has 32 heavy (non-hydrogen) atoms. The maximum absolute atomic E-state index is 13.1. The number of hydrogen-bond donors (Lipinski definition) is 0. The van der Waals surface area contributed by atoms with E-state index in [0.717, 1.165) is 52.5 Å². The molecule has 2 aromatic heterocycles. The van der Waals surface area contributed by atoms with Gasteiger partial charge in [-0.2, -0.15) is 15.4 Å². The Balaban J connectivity index is 1.56. The molecule has 0 N–H and O–H groups in total. The van der Waals surface area contributed by atoms with Crippen molar-refractivity contribution in [1.29, 1.82) is 5.26 Å². The molecule has 0 saturated heterocycles. The second-order valence-electron chi connectivity index (χ2n) is 8.36. The lowest BCUT2D eigenvalue weighted by Crippen LogP contribution is -2.21. The SMILES string of the molecule is CC1=NN(c2ccccc2)C(=O)/C1=C/c1cc(C)n(-c2sc3c(c2C#N)CCCC3)c1C. The average Bonchev–Trinajstić information content (AvgIpc) is 3.40. The summed E-state index contributed by atoms with van der Waals surface area (Å²) in [4.78, 5) is 14.5. The summed E-state index contributed by atoms with van der Waals surface area (Å²) in [7, 11) is 0. The van der Waals surface area contributed by atoms with E-state index in [4.69, 9.17) is 0 Å². The number of carbonyl (C=O) groups excluding carboxylic acids is 1. The Morgan fingerprint density at radius 2 is 1.88 bits per heavy atom. The molecule has 0 radical (unpaired) electrons. The van der Waals surface area contributed by atoms with E-state index in [1.165, 1.54) is 21.9 Å². The summed E-state index contributed by atoms with van der Waals surface area (Å²) in [6.45, 7) is 5.98. The molecule has 1 aliphatic heterocycles. The van der Waals surface area contributed by atoms with Crippen LogP contribution in [0.15, 0.2) is 47.1 Å². The summed E-state index contributed by atoms with van der Waals surface area (Å²) < 4.78 is 2.18. The van der Waals surface area contributed by atoms with Crippen LogP contribution in [0.2, 0.25) is 0 Å². The Morgan fingerprint density at radius 3 is 2.62 bits per heavy atom. The Labute approximate surface area is 191 Å². The van der Waals surface area contributed by atoms with Gasteiger partial charge >= 0.3 is 0 Å². The van der Waals surface area contributed by atoms with Crippen LogP contribution in [0.4, 0.5) is 5.69 Å². The van der Waals surface area contributed by atoms with Gasteiger partial charge in [-0.25, -0.2) is 0 Å². The van der Waals surface area contributed by atoms with Crippen LogP contribution >= 0.6 is 11.3 Å². The molecule has 3 heterocycles. The fraction of sp³-hybridized carbons (Fsp3) is 0.269. The molecule has 5 nitrogen and oxygen atoms in total. The van der Waals surface area contributed by atoms with Gasteiger partial charge < -0.3 is 4.57 Å². The van der Waals surface area contributed by atoms with Crippen molar-refractivity contribution in [1.82, 2.24) is 4.57 Å². The largest absolute Gasteiger partial charge is 0.308 e. The molecule has 0 bridgehead atoms. The average molecular weight is 441 g/mol. The topological polar surface area (TPSA) is 61.4 Å². The number of aromatic nitrogens is 1. The number of hydrazone groups is 1. The number of thiophene rings is 1. The number of nitrogens with zero attached hydrogens (tertiary/aromatic N) is 4. The van der Waals surface area contributed by atoms with Crippen molar-refractivity contribution in [2.45, 2.75) is 46.5 Å². The number of rotatable bonds is 3. The van der Waals surface area contributed by atoms with Crippen LogP contribution in [0.5, 0.6) is 0 Å². The molecule has 1 aromatic carbocycles. The van der Waals surface area contributed by atoms with Crippen molar-refractivity contribution < 1.29 is 4.79 Å². The minimum absolute atomic E-state index is 0.122. The van der Waals surface area contributed by atoms with Gasteiger partial charge in [0.2, 0.25) is 0 Å². The van der Waals surface area contributed by atoms with Gasteiger partial charge in [0, 0.05) is 16.3 Å². The predicted octanol–water partition coefficient (Wildman–Crippen LogP) is 5.71. The zero-order valence-corrected chi connectivity index (χ0v) is 19.3. The Bertz CT molecular complexity index is 1330.